The Balaban J connectivity index is 1.82. The van der Waals surface area contributed by atoms with Crippen LogP contribution in [-0.4, -0.2) is 34.5 Å². The number of carboxylic acid groups (broad SMARTS) is 1. The third kappa shape index (κ3) is 2.05. The summed E-state index contributed by atoms with van der Waals surface area (Å²) in [7, 11) is 0. The number of hydrogen-bond donors (Lipinski definition) is 1. The number of carbonyl (C=O) groups is 2. The maximum absolute atomic E-state index is 12.9. The van der Waals surface area contributed by atoms with E-state index in [2.05, 4.69) is 13.0 Å². The van der Waals surface area contributed by atoms with Crippen molar-refractivity contribution < 1.29 is 14.7 Å². The largest absolute Gasteiger partial charge is 0.481 e. The molecule has 5 atom stereocenters. The lowest BCUT2D eigenvalue weighted by Crippen LogP contribution is -2.49. The normalized spacial score (nSPS) is 39.2. The second-order valence-electron chi connectivity index (χ2n) is 6.43. The van der Waals surface area contributed by atoms with Crippen LogP contribution < -0.4 is 0 Å². The van der Waals surface area contributed by atoms with Gasteiger partial charge in [0.05, 0.1) is 11.8 Å². The highest BCUT2D eigenvalue weighted by Crippen LogP contribution is 2.49. The lowest BCUT2D eigenvalue weighted by molar-refractivity contribution is -0.152. The van der Waals surface area contributed by atoms with Gasteiger partial charge in [0.25, 0.3) is 0 Å². The SMILES string of the molecule is CCC1CCCCN1C(=O)[C@H]1C2C=CC(C2)[C@H]1C(=O)O. The molecule has 3 unspecified atom stereocenters. The minimum absolute atomic E-state index is 0.0660. The molecule has 1 heterocycles. The van der Waals surface area contributed by atoms with E-state index in [0.29, 0.717) is 6.04 Å². The number of allylic oxidation sites excluding steroid dienone is 2. The summed E-state index contributed by atoms with van der Waals surface area (Å²) < 4.78 is 0. The maximum atomic E-state index is 12.9. The van der Waals surface area contributed by atoms with Crippen LogP contribution in [0.1, 0.15) is 39.0 Å². The van der Waals surface area contributed by atoms with Crippen molar-refractivity contribution in [1.29, 1.82) is 0 Å². The van der Waals surface area contributed by atoms with Gasteiger partial charge >= 0.3 is 5.97 Å². The molecule has 1 saturated heterocycles. The fourth-order valence-corrected chi connectivity index (χ4v) is 4.40. The predicted octanol–water partition coefficient (Wildman–Crippen LogP) is 2.30. The monoisotopic (exact) mass is 277 g/mol. The third-order valence-corrected chi connectivity index (χ3v) is 5.41. The Kier molecular flexibility index (Phi) is 3.57. The Morgan fingerprint density at radius 2 is 1.90 bits per heavy atom. The van der Waals surface area contributed by atoms with Crippen molar-refractivity contribution in [1.82, 2.24) is 4.90 Å². The zero-order valence-electron chi connectivity index (χ0n) is 12.0. The summed E-state index contributed by atoms with van der Waals surface area (Å²) in [5.41, 5.74) is 0. The fourth-order valence-electron chi connectivity index (χ4n) is 4.40. The van der Waals surface area contributed by atoms with E-state index in [-0.39, 0.29) is 23.7 Å². The average molecular weight is 277 g/mol. The summed E-state index contributed by atoms with van der Waals surface area (Å²) in [6.45, 7) is 2.92. The molecule has 0 aromatic heterocycles. The van der Waals surface area contributed by atoms with Crippen molar-refractivity contribution in [3.63, 3.8) is 0 Å². The summed E-state index contributed by atoms with van der Waals surface area (Å²) in [4.78, 5) is 26.4. The summed E-state index contributed by atoms with van der Waals surface area (Å²) in [5, 5.41) is 9.47. The van der Waals surface area contributed by atoms with E-state index in [4.69, 9.17) is 0 Å². The number of hydrogen-bond acceptors (Lipinski definition) is 2. The molecule has 0 spiro atoms. The molecule has 1 amide bonds. The van der Waals surface area contributed by atoms with Crippen LogP contribution in [0, 0.1) is 23.7 Å². The number of fused-ring (bicyclic) bond motifs is 2. The molecule has 3 aliphatic rings. The van der Waals surface area contributed by atoms with Crippen molar-refractivity contribution in [2.24, 2.45) is 23.7 Å². The van der Waals surface area contributed by atoms with E-state index < -0.39 is 11.9 Å². The molecule has 2 bridgehead atoms. The molecule has 2 fully saturated rings. The lowest BCUT2D eigenvalue weighted by atomic mass is 9.81. The van der Waals surface area contributed by atoms with Crippen molar-refractivity contribution in [3.8, 4) is 0 Å². The highest BCUT2D eigenvalue weighted by Gasteiger charge is 2.53. The highest BCUT2D eigenvalue weighted by molar-refractivity contribution is 5.87. The molecular formula is C16H23NO3. The van der Waals surface area contributed by atoms with Gasteiger partial charge in [-0.15, -0.1) is 0 Å². The van der Waals surface area contributed by atoms with E-state index in [1.165, 1.54) is 6.42 Å². The van der Waals surface area contributed by atoms with E-state index in [9.17, 15) is 14.7 Å². The molecule has 1 N–H and O–H groups in total. The number of carbonyl (C=O) groups excluding carboxylic acids is 1. The van der Waals surface area contributed by atoms with E-state index in [0.717, 1.165) is 32.2 Å². The minimum Gasteiger partial charge on any atom is -0.481 e. The molecular weight excluding hydrogens is 254 g/mol. The smallest absolute Gasteiger partial charge is 0.307 e. The number of nitrogens with zero attached hydrogens (tertiary/aromatic N) is 1. The summed E-state index contributed by atoms with van der Waals surface area (Å²) in [5.74, 6) is -1.32. The van der Waals surface area contributed by atoms with Crippen LogP contribution >= 0.6 is 0 Å². The number of piperidine rings is 1. The molecule has 1 saturated carbocycles. The van der Waals surface area contributed by atoms with Crippen LogP contribution in [0.4, 0.5) is 0 Å². The van der Waals surface area contributed by atoms with Crippen LogP contribution in [0.5, 0.6) is 0 Å². The quantitative estimate of drug-likeness (QED) is 0.805. The van der Waals surface area contributed by atoms with Crippen LogP contribution in [0.2, 0.25) is 0 Å². The first-order valence-electron chi connectivity index (χ1n) is 7.85. The molecule has 4 heteroatoms. The van der Waals surface area contributed by atoms with Crippen molar-refractivity contribution >= 4 is 11.9 Å². The van der Waals surface area contributed by atoms with E-state index in [1.807, 2.05) is 11.0 Å². The van der Waals surface area contributed by atoms with Gasteiger partial charge in [-0.1, -0.05) is 19.1 Å². The second kappa shape index (κ2) is 5.23. The van der Waals surface area contributed by atoms with Gasteiger partial charge in [0.15, 0.2) is 0 Å². The Labute approximate surface area is 119 Å². The van der Waals surface area contributed by atoms with Gasteiger partial charge in [0, 0.05) is 12.6 Å². The van der Waals surface area contributed by atoms with Crippen molar-refractivity contribution in [2.45, 2.75) is 45.1 Å². The Hall–Kier alpha value is -1.32. The lowest BCUT2D eigenvalue weighted by Gasteiger charge is -2.39. The first kappa shape index (κ1) is 13.7. The number of amides is 1. The molecule has 0 aromatic rings. The summed E-state index contributed by atoms with van der Waals surface area (Å²) in [6.07, 6.45) is 9.19. The minimum atomic E-state index is -0.801. The van der Waals surface area contributed by atoms with Crippen LogP contribution in [0.25, 0.3) is 0 Å². The van der Waals surface area contributed by atoms with Gasteiger partial charge in [-0.25, -0.2) is 0 Å². The zero-order chi connectivity index (χ0) is 14.3. The summed E-state index contributed by atoms with van der Waals surface area (Å²) >= 11 is 0. The molecule has 0 aromatic carbocycles. The molecule has 110 valence electrons. The van der Waals surface area contributed by atoms with Crippen LogP contribution in [0.3, 0.4) is 0 Å². The third-order valence-electron chi connectivity index (χ3n) is 5.41. The predicted molar refractivity (Wildman–Crippen MR) is 75.0 cm³/mol. The number of carboxylic acids is 1. The average Bonchev–Trinajstić information content (AvgIpc) is 3.06. The zero-order valence-corrected chi connectivity index (χ0v) is 12.0. The number of likely N-dealkylation sites (tertiary alicyclic amines) is 1. The Morgan fingerprint density at radius 3 is 2.55 bits per heavy atom. The first-order chi connectivity index (χ1) is 9.63. The van der Waals surface area contributed by atoms with Crippen molar-refractivity contribution in [3.05, 3.63) is 12.2 Å². The standard InChI is InChI=1S/C16H23NO3/c1-2-12-5-3-4-8-17(12)15(18)13-10-6-7-11(9-10)14(13)16(19)20/h6-7,10-14H,2-5,8-9H2,1H3,(H,19,20)/t10?,11?,12?,13-,14+/m0/s1. The Morgan fingerprint density at radius 1 is 1.20 bits per heavy atom. The van der Waals surface area contributed by atoms with Crippen LogP contribution in [-0.2, 0) is 9.59 Å². The van der Waals surface area contributed by atoms with Gasteiger partial charge < -0.3 is 10.0 Å². The van der Waals surface area contributed by atoms with E-state index in [1.54, 1.807) is 0 Å². The fraction of sp³-hybridized carbons (Fsp3) is 0.750. The molecule has 2 aliphatic carbocycles. The number of aliphatic carboxylic acids is 1. The van der Waals surface area contributed by atoms with Gasteiger partial charge in [0.1, 0.15) is 0 Å². The highest BCUT2D eigenvalue weighted by atomic mass is 16.4. The van der Waals surface area contributed by atoms with Gasteiger partial charge in [-0.3, -0.25) is 9.59 Å². The molecule has 4 nitrogen and oxygen atoms in total. The number of rotatable bonds is 3. The Bertz CT molecular complexity index is 445. The molecule has 1 aliphatic heterocycles. The topological polar surface area (TPSA) is 57.6 Å². The van der Waals surface area contributed by atoms with Gasteiger partial charge in [-0.2, -0.15) is 0 Å². The molecule has 3 rings (SSSR count). The van der Waals surface area contributed by atoms with Crippen LogP contribution in [0.15, 0.2) is 12.2 Å². The maximum Gasteiger partial charge on any atom is 0.307 e. The molecule has 20 heavy (non-hydrogen) atoms. The van der Waals surface area contributed by atoms with Gasteiger partial charge in [-0.05, 0) is 43.9 Å². The summed E-state index contributed by atoms with van der Waals surface area (Å²) in [6, 6.07) is 0.314. The molecule has 0 radical (unpaired) electrons. The first-order valence-corrected chi connectivity index (χ1v) is 7.85. The van der Waals surface area contributed by atoms with E-state index >= 15 is 0 Å². The second-order valence-corrected chi connectivity index (χ2v) is 6.43. The van der Waals surface area contributed by atoms with Gasteiger partial charge in [0.2, 0.25) is 5.91 Å². The van der Waals surface area contributed by atoms with Crippen molar-refractivity contribution in [2.75, 3.05) is 6.54 Å².